The highest BCUT2D eigenvalue weighted by molar-refractivity contribution is 5.38. The van der Waals surface area contributed by atoms with Crippen molar-refractivity contribution in [2.45, 2.75) is 26.4 Å². The summed E-state index contributed by atoms with van der Waals surface area (Å²) in [7, 11) is 0. The Hall–Kier alpha value is -1.68. The Morgan fingerprint density at radius 1 is 1.31 bits per heavy atom. The average Bonchev–Trinajstić information content (AvgIpc) is 2.80. The lowest BCUT2D eigenvalue weighted by Crippen LogP contribution is -2.22. The minimum Gasteiger partial charge on any atom is -0.310 e. The highest BCUT2D eigenvalue weighted by atomic mass is 15.0. The van der Waals surface area contributed by atoms with Gasteiger partial charge in [0.05, 0.1) is 18.2 Å². The molecule has 0 fully saturated rings. The normalized spacial score (nSPS) is 10.9. The van der Waals surface area contributed by atoms with E-state index in [0.717, 1.165) is 12.2 Å². The summed E-state index contributed by atoms with van der Waals surface area (Å²) in [6.45, 7) is 5.11. The van der Waals surface area contributed by atoms with Gasteiger partial charge in [-0.3, -0.25) is 4.98 Å². The number of imidazole rings is 1. The largest absolute Gasteiger partial charge is 0.310 e. The van der Waals surface area contributed by atoms with Crippen LogP contribution in [0.15, 0.2) is 37.2 Å². The van der Waals surface area contributed by atoms with E-state index in [4.69, 9.17) is 0 Å². The Labute approximate surface area is 95.4 Å². The van der Waals surface area contributed by atoms with E-state index in [1.165, 1.54) is 5.56 Å². The van der Waals surface area contributed by atoms with Crippen molar-refractivity contribution >= 4 is 0 Å². The average molecular weight is 216 g/mol. The highest BCUT2D eigenvalue weighted by Gasteiger charge is 2.04. The maximum atomic E-state index is 4.15. The van der Waals surface area contributed by atoms with Crippen LogP contribution in [0, 0.1) is 0 Å². The van der Waals surface area contributed by atoms with Crippen molar-refractivity contribution in [2.75, 3.05) is 0 Å². The first-order chi connectivity index (χ1) is 7.77. The highest BCUT2D eigenvalue weighted by Crippen LogP contribution is 2.12. The molecule has 84 valence electrons. The molecule has 0 saturated heterocycles. The topological polar surface area (TPSA) is 42.7 Å². The molecule has 0 atom stereocenters. The van der Waals surface area contributed by atoms with Crippen LogP contribution in [0.1, 0.15) is 19.4 Å². The van der Waals surface area contributed by atoms with Crippen LogP contribution >= 0.6 is 0 Å². The van der Waals surface area contributed by atoms with Gasteiger partial charge in [0, 0.05) is 31.2 Å². The third kappa shape index (κ3) is 2.46. The fraction of sp³-hybridized carbons (Fsp3) is 0.333. The molecule has 0 aliphatic rings. The SMILES string of the molecule is CC(C)NCc1ccncc1-n1ccnc1. The maximum absolute atomic E-state index is 4.15. The molecule has 0 aromatic carbocycles. The lowest BCUT2D eigenvalue weighted by atomic mass is 10.2. The van der Waals surface area contributed by atoms with Gasteiger partial charge in [0.25, 0.3) is 0 Å². The lowest BCUT2D eigenvalue weighted by molar-refractivity contribution is 0.587. The molecule has 2 heterocycles. The van der Waals surface area contributed by atoms with Gasteiger partial charge < -0.3 is 9.88 Å². The second kappa shape index (κ2) is 4.90. The Morgan fingerprint density at radius 2 is 2.19 bits per heavy atom. The summed E-state index contributed by atoms with van der Waals surface area (Å²) in [6, 6.07) is 2.51. The van der Waals surface area contributed by atoms with Crippen molar-refractivity contribution in [1.82, 2.24) is 19.9 Å². The lowest BCUT2D eigenvalue weighted by Gasteiger charge is -2.12. The van der Waals surface area contributed by atoms with E-state index in [9.17, 15) is 0 Å². The van der Waals surface area contributed by atoms with Crippen LogP contribution in [0.25, 0.3) is 5.69 Å². The van der Waals surface area contributed by atoms with Crippen molar-refractivity contribution < 1.29 is 0 Å². The van der Waals surface area contributed by atoms with Crippen molar-refractivity contribution in [1.29, 1.82) is 0 Å². The molecule has 4 nitrogen and oxygen atoms in total. The first kappa shape index (κ1) is 10.8. The number of hydrogen-bond acceptors (Lipinski definition) is 3. The molecule has 16 heavy (non-hydrogen) atoms. The van der Waals surface area contributed by atoms with Gasteiger partial charge in [-0.25, -0.2) is 4.98 Å². The summed E-state index contributed by atoms with van der Waals surface area (Å²) >= 11 is 0. The van der Waals surface area contributed by atoms with Gasteiger partial charge in [0.15, 0.2) is 0 Å². The molecule has 1 N–H and O–H groups in total. The minimum absolute atomic E-state index is 0.476. The Bertz CT molecular complexity index is 434. The van der Waals surface area contributed by atoms with Gasteiger partial charge in [0.2, 0.25) is 0 Å². The second-order valence-electron chi connectivity index (χ2n) is 4.01. The standard InChI is InChI=1S/C12H16N4/c1-10(2)15-7-11-3-4-13-8-12(11)16-6-5-14-9-16/h3-6,8-10,15H,7H2,1-2H3. The number of pyridine rings is 1. The van der Waals surface area contributed by atoms with E-state index in [0.29, 0.717) is 6.04 Å². The van der Waals surface area contributed by atoms with Crippen LogP contribution < -0.4 is 5.32 Å². The Balaban J connectivity index is 2.24. The number of hydrogen-bond donors (Lipinski definition) is 1. The maximum Gasteiger partial charge on any atom is 0.0992 e. The summed E-state index contributed by atoms with van der Waals surface area (Å²) in [4.78, 5) is 8.20. The van der Waals surface area contributed by atoms with Gasteiger partial charge >= 0.3 is 0 Å². The van der Waals surface area contributed by atoms with E-state index in [2.05, 4.69) is 29.1 Å². The van der Waals surface area contributed by atoms with Crippen LogP contribution in [-0.4, -0.2) is 20.6 Å². The molecule has 0 spiro atoms. The van der Waals surface area contributed by atoms with Gasteiger partial charge in [-0.05, 0) is 11.6 Å². The zero-order valence-electron chi connectivity index (χ0n) is 9.59. The third-order valence-corrected chi connectivity index (χ3v) is 2.37. The minimum atomic E-state index is 0.476. The van der Waals surface area contributed by atoms with Gasteiger partial charge in [0.1, 0.15) is 0 Å². The van der Waals surface area contributed by atoms with E-state index >= 15 is 0 Å². The van der Waals surface area contributed by atoms with Gasteiger partial charge in [-0.2, -0.15) is 0 Å². The van der Waals surface area contributed by atoms with Gasteiger partial charge in [-0.15, -0.1) is 0 Å². The molecule has 2 rings (SSSR count). The predicted octanol–water partition coefficient (Wildman–Crippen LogP) is 1.77. The quantitative estimate of drug-likeness (QED) is 0.847. The molecular weight excluding hydrogens is 200 g/mol. The molecule has 0 aliphatic carbocycles. The molecule has 0 saturated carbocycles. The number of nitrogens with one attached hydrogen (secondary N) is 1. The fourth-order valence-corrected chi connectivity index (χ4v) is 1.51. The zero-order valence-corrected chi connectivity index (χ0v) is 9.59. The van der Waals surface area contributed by atoms with Crippen LogP contribution in [0.5, 0.6) is 0 Å². The Morgan fingerprint density at radius 3 is 2.88 bits per heavy atom. The van der Waals surface area contributed by atoms with Crippen LogP contribution in [0.3, 0.4) is 0 Å². The summed E-state index contributed by atoms with van der Waals surface area (Å²) in [5.41, 5.74) is 2.30. The monoisotopic (exact) mass is 216 g/mol. The molecule has 2 aromatic heterocycles. The van der Waals surface area contributed by atoms with Crippen LogP contribution in [-0.2, 0) is 6.54 Å². The Kier molecular flexibility index (Phi) is 3.31. The van der Waals surface area contributed by atoms with E-state index in [1.54, 1.807) is 12.5 Å². The molecule has 0 bridgehead atoms. The summed E-state index contributed by atoms with van der Waals surface area (Å²) in [6.07, 6.45) is 9.16. The van der Waals surface area contributed by atoms with E-state index < -0.39 is 0 Å². The molecule has 0 radical (unpaired) electrons. The van der Waals surface area contributed by atoms with Crippen LogP contribution in [0.4, 0.5) is 0 Å². The van der Waals surface area contributed by atoms with Gasteiger partial charge in [-0.1, -0.05) is 13.8 Å². The molecular formula is C12H16N4. The third-order valence-electron chi connectivity index (χ3n) is 2.37. The number of aromatic nitrogens is 3. The zero-order chi connectivity index (χ0) is 11.4. The van der Waals surface area contributed by atoms with Crippen molar-refractivity contribution in [3.05, 3.63) is 42.7 Å². The second-order valence-corrected chi connectivity index (χ2v) is 4.01. The number of rotatable bonds is 4. The molecule has 4 heteroatoms. The molecule has 0 aliphatic heterocycles. The first-order valence-electron chi connectivity index (χ1n) is 5.42. The smallest absolute Gasteiger partial charge is 0.0992 e. The van der Waals surface area contributed by atoms with Crippen LogP contribution in [0.2, 0.25) is 0 Å². The molecule has 0 amide bonds. The van der Waals surface area contributed by atoms with E-state index in [-0.39, 0.29) is 0 Å². The van der Waals surface area contributed by atoms with Crippen molar-refractivity contribution in [2.24, 2.45) is 0 Å². The summed E-state index contributed by atoms with van der Waals surface area (Å²) < 4.78 is 1.98. The molecule has 2 aromatic rings. The number of nitrogens with zero attached hydrogens (tertiary/aromatic N) is 3. The first-order valence-corrected chi connectivity index (χ1v) is 5.42. The van der Waals surface area contributed by atoms with E-state index in [1.807, 2.05) is 29.2 Å². The molecule has 0 unspecified atom stereocenters. The van der Waals surface area contributed by atoms with Crippen molar-refractivity contribution in [3.63, 3.8) is 0 Å². The van der Waals surface area contributed by atoms with Crippen molar-refractivity contribution in [3.8, 4) is 5.69 Å². The fourth-order valence-electron chi connectivity index (χ4n) is 1.51. The summed E-state index contributed by atoms with van der Waals surface area (Å²) in [5.74, 6) is 0. The predicted molar refractivity (Wildman–Crippen MR) is 63.3 cm³/mol. The summed E-state index contributed by atoms with van der Waals surface area (Å²) in [5, 5.41) is 3.40.